The zero-order valence-corrected chi connectivity index (χ0v) is 18.8. The molecule has 170 valence electrons. The van der Waals surface area contributed by atoms with Crippen molar-refractivity contribution < 1.29 is 19.5 Å². The van der Waals surface area contributed by atoms with Gasteiger partial charge in [0.1, 0.15) is 6.29 Å². The summed E-state index contributed by atoms with van der Waals surface area (Å²) in [6.45, 7) is 6.17. The first-order valence-electron chi connectivity index (χ1n) is 11.5. The summed E-state index contributed by atoms with van der Waals surface area (Å²) in [4.78, 5) is 35.0. The predicted molar refractivity (Wildman–Crippen MR) is 118 cm³/mol. The maximum absolute atomic E-state index is 12.2. The van der Waals surface area contributed by atoms with Crippen molar-refractivity contribution in [3.05, 3.63) is 0 Å². The smallest absolute Gasteiger partial charge is 0.303 e. The summed E-state index contributed by atoms with van der Waals surface area (Å²) >= 11 is 0. The van der Waals surface area contributed by atoms with Gasteiger partial charge >= 0.3 is 5.97 Å². The molecule has 4 N–H and O–H groups in total. The van der Waals surface area contributed by atoms with Crippen LogP contribution >= 0.6 is 0 Å². The quantitative estimate of drug-likeness (QED) is 0.214. The molecule has 1 amide bonds. The Balaban J connectivity index is 4.32. The molecule has 0 fully saturated rings. The molecule has 0 spiro atoms. The monoisotopic (exact) mass is 412 g/mol. The predicted octanol–water partition coefficient (Wildman–Crippen LogP) is 4.45. The third-order valence-electron chi connectivity index (χ3n) is 5.39. The van der Waals surface area contributed by atoms with Gasteiger partial charge in [0.25, 0.3) is 0 Å². The lowest BCUT2D eigenvalue weighted by Crippen LogP contribution is -2.49. The lowest BCUT2D eigenvalue weighted by molar-refractivity contribution is -0.139. The summed E-state index contributed by atoms with van der Waals surface area (Å²) in [7, 11) is 0. The zero-order valence-electron chi connectivity index (χ0n) is 18.8. The number of carbonyl (C=O) groups is 3. The van der Waals surface area contributed by atoms with E-state index in [-0.39, 0.29) is 18.2 Å². The van der Waals surface area contributed by atoms with Gasteiger partial charge in [0, 0.05) is 0 Å². The van der Waals surface area contributed by atoms with E-state index in [4.69, 9.17) is 5.73 Å². The van der Waals surface area contributed by atoms with Crippen LogP contribution in [0, 0.1) is 11.8 Å². The van der Waals surface area contributed by atoms with Gasteiger partial charge in [-0.05, 0) is 24.7 Å². The number of hydrogen-bond donors (Lipinski definition) is 3. The van der Waals surface area contributed by atoms with Gasteiger partial charge in [-0.3, -0.25) is 9.59 Å². The largest absolute Gasteiger partial charge is 0.481 e. The highest BCUT2D eigenvalue weighted by Gasteiger charge is 2.27. The number of nitrogens with two attached hydrogens (primary N) is 1. The second-order valence-electron chi connectivity index (χ2n) is 8.74. The van der Waals surface area contributed by atoms with Crippen molar-refractivity contribution in [1.82, 2.24) is 5.32 Å². The molecule has 6 nitrogen and oxygen atoms in total. The van der Waals surface area contributed by atoms with E-state index in [2.05, 4.69) is 12.2 Å². The van der Waals surface area contributed by atoms with Crippen LogP contribution in [0.1, 0.15) is 104 Å². The topological polar surface area (TPSA) is 109 Å². The summed E-state index contributed by atoms with van der Waals surface area (Å²) in [6.07, 6.45) is 13.7. The zero-order chi connectivity index (χ0) is 22.1. The molecule has 0 aliphatic carbocycles. The van der Waals surface area contributed by atoms with E-state index in [1.807, 2.05) is 13.8 Å². The van der Waals surface area contributed by atoms with E-state index in [0.29, 0.717) is 19.1 Å². The normalized spacial score (nSPS) is 14.4. The number of nitrogens with one attached hydrogen (secondary N) is 1. The maximum Gasteiger partial charge on any atom is 0.303 e. The Morgan fingerprint density at radius 1 is 0.966 bits per heavy atom. The van der Waals surface area contributed by atoms with E-state index >= 15 is 0 Å². The Bertz CT molecular complexity index is 454. The third kappa shape index (κ3) is 15.1. The molecular weight excluding hydrogens is 368 g/mol. The number of aldehydes is 1. The molecular formula is C23H44N2O4. The fraction of sp³-hybridized carbons (Fsp3) is 0.870. The van der Waals surface area contributed by atoms with Crippen LogP contribution < -0.4 is 11.1 Å². The Labute approximate surface area is 177 Å². The van der Waals surface area contributed by atoms with Crippen molar-refractivity contribution in [2.24, 2.45) is 17.6 Å². The first kappa shape index (κ1) is 27.6. The second-order valence-corrected chi connectivity index (χ2v) is 8.74. The second kappa shape index (κ2) is 17.4. The van der Waals surface area contributed by atoms with E-state index in [1.165, 1.54) is 44.9 Å². The molecule has 6 heteroatoms. The van der Waals surface area contributed by atoms with Gasteiger partial charge in [-0.2, -0.15) is 0 Å². The van der Waals surface area contributed by atoms with Gasteiger partial charge in [0.15, 0.2) is 0 Å². The molecule has 29 heavy (non-hydrogen) atoms. The molecule has 0 aromatic rings. The number of amides is 1. The highest BCUT2D eigenvalue weighted by molar-refractivity contribution is 5.84. The first-order chi connectivity index (χ1) is 13.8. The number of carbonyl (C=O) groups excluding carboxylic acids is 2. The van der Waals surface area contributed by atoms with Crippen molar-refractivity contribution in [1.29, 1.82) is 0 Å². The number of rotatable bonds is 19. The Morgan fingerprint density at radius 3 is 1.93 bits per heavy atom. The van der Waals surface area contributed by atoms with E-state index in [9.17, 15) is 19.5 Å². The number of hydrogen-bond acceptors (Lipinski definition) is 4. The molecule has 0 saturated heterocycles. The van der Waals surface area contributed by atoms with Gasteiger partial charge in [-0.1, -0.05) is 85.0 Å². The third-order valence-corrected chi connectivity index (χ3v) is 5.39. The van der Waals surface area contributed by atoms with Crippen molar-refractivity contribution in [3.63, 3.8) is 0 Å². The minimum atomic E-state index is -0.949. The van der Waals surface area contributed by atoms with Crippen molar-refractivity contribution in [2.75, 3.05) is 0 Å². The van der Waals surface area contributed by atoms with Gasteiger partial charge in [-0.25, -0.2) is 0 Å². The molecule has 0 heterocycles. The summed E-state index contributed by atoms with van der Waals surface area (Å²) in [5.41, 5.74) is 5.88. The van der Waals surface area contributed by atoms with Crippen molar-refractivity contribution in [3.8, 4) is 0 Å². The molecule has 0 bridgehead atoms. The number of carboxylic acids is 1. The molecule has 0 radical (unpaired) electrons. The highest BCUT2D eigenvalue weighted by atomic mass is 16.4. The van der Waals surface area contributed by atoms with Gasteiger partial charge < -0.3 is 21.0 Å². The molecule has 0 aromatic carbocycles. The summed E-state index contributed by atoms with van der Waals surface area (Å²) < 4.78 is 0. The van der Waals surface area contributed by atoms with Crippen LogP contribution in [0.3, 0.4) is 0 Å². The SMILES string of the molecule is CCCCCCCCCCCCC(CC(=O)O)[C@@H](C=O)NC(=O)[C@@H](N)CC(C)C. The van der Waals surface area contributed by atoms with Crippen LogP contribution in [-0.4, -0.2) is 35.4 Å². The fourth-order valence-electron chi connectivity index (χ4n) is 3.68. The standard InChI is InChI=1S/C23H44N2O4/c1-4-5-6-7-8-9-10-11-12-13-14-19(16-22(27)28)21(17-26)25-23(29)20(24)15-18(2)3/h17-21H,4-16,24H2,1-3H3,(H,25,29)(H,27,28)/t19?,20-,21+/m0/s1. The molecule has 0 rings (SSSR count). The molecule has 0 saturated carbocycles. The molecule has 0 aliphatic rings. The van der Waals surface area contributed by atoms with Crippen molar-refractivity contribution in [2.45, 2.75) is 116 Å². The Morgan fingerprint density at radius 2 is 1.48 bits per heavy atom. The number of carboxylic acid groups (broad SMARTS) is 1. The van der Waals surface area contributed by atoms with Crippen molar-refractivity contribution >= 4 is 18.2 Å². The van der Waals surface area contributed by atoms with Crippen LogP contribution in [0.2, 0.25) is 0 Å². The Kier molecular flexibility index (Phi) is 16.6. The number of unbranched alkanes of at least 4 members (excludes halogenated alkanes) is 9. The van der Waals surface area contributed by atoms with Gasteiger partial charge in [0.2, 0.25) is 5.91 Å². The van der Waals surface area contributed by atoms with Crippen LogP contribution in [0.25, 0.3) is 0 Å². The highest BCUT2D eigenvalue weighted by Crippen LogP contribution is 2.19. The minimum absolute atomic E-state index is 0.124. The lowest BCUT2D eigenvalue weighted by atomic mass is 9.90. The van der Waals surface area contributed by atoms with Crippen LogP contribution in [0.4, 0.5) is 0 Å². The summed E-state index contributed by atoms with van der Waals surface area (Å²) in [5.74, 6) is -1.45. The van der Waals surface area contributed by atoms with E-state index in [0.717, 1.165) is 19.3 Å². The average molecular weight is 413 g/mol. The molecule has 1 unspecified atom stereocenters. The lowest BCUT2D eigenvalue weighted by Gasteiger charge is -2.24. The van der Waals surface area contributed by atoms with Gasteiger partial charge in [0.05, 0.1) is 18.5 Å². The van der Waals surface area contributed by atoms with Gasteiger partial charge in [-0.15, -0.1) is 0 Å². The van der Waals surface area contributed by atoms with Crippen LogP contribution in [0.5, 0.6) is 0 Å². The average Bonchev–Trinajstić information content (AvgIpc) is 2.65. The van der Waals surface area contributed by atoms with E-state index in [1.54, 1.807) is 0 Å². The molecule has 0 aliphatic heterocycles. The van der Waals surface area contributed by atoms with Crippen LogP contribution in [-0.2, 0) is 14.4 Å². The van der Waals surface area contributed by atoms with Crippen LogP contribution in [0.15, 0.2) is 0 Å². The maximum atomic E-state index is 12.2. The molecule has 0 aromatic heterocycles. The minimum Gasteiger partial charge on any atom is -0.481 e. The molecule has 3 atom stereocenters. The Hall–Kier alpha value is -1.43. The first-order valence-corrected chi connectivity index (χ1v) is 11.5. The number of aliphatic carboxylic acids is 1. The summed E-state index contributed by atoms with van der Waals surface area (Å²) in [5, 5.41) is 11.9. The fourth-order valence-corrected chi connectivity index (χ4v) is 3.68. The van der Waals surface area contributed by atoms with E-state index < -0.39 is 24.0 Å². The summed E-state index contributed by atoms with van der Waals surface area (Å²) in [6, 6.07) is -1.48.